The van der Waals surface area contributed by atoms with Crippen molar-refractivity contribution in [3.05, 3.63) is 70.3 Å². The van der Waals surface area contributed by atoms with Crippen LogP contribution in [-0.4, -0.2) is 23.0 Å². The van der Waals surface area contributed by atoms with Crippen molar-refractivity contribution in [3.63, 3.8) is 0 Å². The van der Waals surface area contributed by atoms with Gasteiger partial charge >= 0.3 is 12.0 Å². The first kappa shape index (κ1) is 18.9. The molecule has 8 nitrogen and oxygen atoms in total. The molecule has 2 aromatic rings. The fraction of sp³-hybridized carbons (Fsp3) is 0.222. The van der Waals surface area contributed by atoms with Crippen molar-refractivity contribution in [2.24, 2.45) is 0 Å². The Morgan fingerprint density at radius 2 is 1.77 bits per heavy atom. The number of esters is 1. The molecule has 0 radical (unpaired) electrons. The first-order valence-electron chi connectivity index (χ1n) is 7.94. The number of nitro groups is 1. The summed E-state index contributed by atoms with van der Waals surface area (Å²) in [4.78, 5) is 34.3. The number of anilines is 1. The third kappa shape index (κ3) is 5.30. The van der Waals surface area contributed by atoms with Crippen LogP contribution in [0.1, 0.15) is 25.5 Å². The number of urea groups is 1. The molecular weight excluding hydrogens is 338 g/mol. The molecule has 0 aliphatic heterocycles. The summed E-state index contributed by atoms with van der Waals surface area (Å²) in [5.74, 6) is -0.646. The van der Waals surface area contributed by atoms with E-state index in [-0.39, 0.29) is 5.69 Å². The number of benzene rings is 2. The van der Waals surface area contributed by atoms with Crippen molar-refractivity contribution >= 4 is 23.4 Å². The number of non-ortho nitro benzene ring substituents is 1. The maximum absolute atomic E-state index is 12.1. The van der Waals surface area contributed by atoms with Crippen molar-refractivity contribution in [1.82, 2.24) is 5.32 Å². The maximum Gasteiger partial charge on any atom is 0.329 e. The van der Waals surface area contributed by atoms with Crippen LogP contribution in [0.2, 0.25) is 0 Å². The van der Waals surface area contributed by atoms with E-state index in [2.05, 4.69) is 10.6 Å². The molecule has 8 heteroatoms. The number of carbonyl (C=O) groups excluding carboxylic acids is 2. The van der Waals surface area contributed by atoms with E-state index in [1.165, 1.54) is 25.1 Å². The topological polar surface area (TPSA) is 111 Å². The quantitative estimate of drug-likeness (QED) is 0.467. The lowest BCUT2D eigenvalue weighted by atomic mass is 10.1. The molecule has 0 spiro atoms. The minimum Gasteiger partial charge on any atom is -0.456 e. The lowest BCUT2D eigenvalue weighted by Gasteiger charge is -2.18. The number of ether oxygens (including phenoxy) is 1. The molecule has 0 fully saturated rings. The SMILES string of the molecule is C[C@H](NC(=O)Nc1ccccc1)C(=O)O[C@@H](C)c1cccc([N+](=O)[O-])c1. The van der Waals surface area contributed by atoms with Crippen LogP contribution in [-0.2, 0) is 9.53 Å². The maximum atomic E-state index is 12.1. The summed E-state index contributed by atoms with van der Waals surface area (Å²) < 4.78 is 5.28. The zero-order valence-electron chi connectivity index (χ0n) is 14.3. The van der Waals surface area contributed by atoms with Gasteiger partial charge in [0.05, 0.1) is 4.92 Å². The lowest BCUT2D eigenvalue weighted by molar-refractivity contribution is -0.385. The molecule has 0 aliphatic rings. The van der Waals surface area contributed by atoms with Crippen molar-refractivity contribution in [1.29, 1.82) is 0 Å². The second kappa shape index (κ2) is 8.61. The molecule has 0 bridgehead atoms. The van der Waals surface area contributed by atoms with Crippen LogP contribution in [0.15, 0.2) is 54.6 Å². The highest BCUT2D eigenvalue weighted by molar-refractivity contribution is 5.92. The number of para-hydroxylation sites is 1. The van der Waals surface area contributed by atoms with Crippen molar-refractivity contribution in [2.45, 2.75) is 26.0 Å². The molecule has 2 rings (SSSR count). The highest BCUT2D eigenvalue weighted by Crippen LogP contribution is 2.22. The van der Waals surface area contributed by atoms with Crippen molar-refractivity contribution in [3.8, 4) is 0 Å². The molecule has 2 atom stereocenters. The van der Waals surface area contributed by atoms with Gasteiger partial charge in [-0.3, -0.25) is 10.1 Å². The Hall–Kier alpha value is -3.42. The Bertz CT molecular complexity index is 794. The summed E-state index contributed by atoms with van der Waals surface area (Å²) in [5.41, 5.74) is 1.00. The third-order valence-corrected chi connectivity index (χ3v) is 3.58. The van der Waals surface area contributed by atoms with Crippen LogP contribution < -0.4 is 10.6 Å². The van der Waals surface area contributed by atoms with Gasteiger partial charge in [-0.1, -0.05) is 30.3 Å². The molecule has 26 heavy (non-hydrogen) atoms. The molecule has 0 unspecified atom stereocenters. The highest BCUT2D eigenvalue weighted by atomic mass is 16.6. The molecule has 2 N–H and O–H groups in total. The molecule has 2 amide bonds. The second-order valence-electron chi connectivity index (χ2n) is 5.62. The highest BCUT2D eigenvalue weighted by Gasteiger charge is 2.21. The summed E-state index contributed by atoms with van der Waals surface area (Å²) in [6.07, 6.45) is -0.691. The minimum absolute atomic E-state index is 0.0844. The van der Waals surface area contributed by atoms with E-state index in [1.54, 1.807) is 37.3 Å². The molecule has 2 aromatic carbocycles. The Kier molecular flexibility index (Phi) is 6.26. The van der Waals surface area contributed by atoms with E-state index in [9.17, 15) is 19.7 Å². The Morgan fingerprint density at radius 3 is 2.42 bits per heavy atom. The van der Waals surface area contributed by atoms with Crippen molar-refractivity contribution < 1.29 is 19.2 Å². The number of amides is 2. The number of nitrogens with one attached hydrogen (secondary N) is 2. The van der Waals surface area contributed by atoms with E-state index in [4.69, 9.17) is 4.74 Å². The number of nitro benzene ring substituents is 1. The zero-order chi connectivity index (χ0) is 19.1. The summed E-state index contributed by atoms with van der Waals surface area (Å²) in [6.45, 7) is 3.10. The largest absolute Gasteiger partial charge is 0.456 e. The molecule has 0 aliphatic carbocycles. The Morgan fingerprint density at radius 1 is 1.08 bits per heavy atom. The van der Waals surface area contributed by atoms with E-state index >= 15 is 0 Å². The summed E-state index contributed by atoms with van der Waals surface area (Å²) in [6, 6.07) is 13.2. The predicted molar refractivity (Wildman–Crippen MR) is 95.7 cm³/mol. The van der Waals surface area contributed by atoms with Crippen molar-refractivity contribution in [2.75, 3.05) is 5.32 Å². The number of nitrogens with zero attached hydrogens (tertiary/aromatic N) is 1. The smallest absolute Gasteiger partial charge is 0.329 e. The molecule has 0 saturated heterocycles. The Balaban J connectivity index is 1.90. The number of hydrogen-bond donors (Lipinski definition) is 2. The van der Waals surface area contributed by atoms with E-state index in [1.807, 2.05) is 6.07 Å². The molecule has 0 saturated carbocycles. The third-order valence-electron chi connectivity index (χ3n) is 3.58. The van der Waals surface area contributed by atoms with E-state index in [0.29, 0.717) is 11.3 Å². The van der Waals surface area contributed by atoms with Crippen LogP contribution in [0.4, 0.5) is 16.2 Å². The first-order chi connectivity index (χ1) is 12.4. The van der Waals surface area contributed by atoms with Gasteiger partial charge in [0.2, 0.25) is 0 Å². The normalized spacial score (nSPS) is 12.5. The number of rotatable bonds is 6. The Labute approximate surface area is 150 Å². The average Bonchev–Trinajstić information content (AvgIpc) is 2.62. The van der Waals surface area contributed by atoms with Crippen LogP contribution >= 0.6 is 0 Å². The molecule has 0 heterocycles. The van der Waals surface area contributed by atoms with Gasteiger partial charge in [-0.2, -0.15) is 0 Å². The van der Waals surface area contributed by atoms with Crippen LogP contribution in [0.25, 0.3) is 0 Å². The zero-order valence-corrected chi connectivity index (χ0v) is 14.3. The monoisotopic (exact) mass is 357 g/mol. The molecule has 136 valence electrons. The lowest BCUT2D eigenvalue weighted by Crippen LogP contribution is -2.42. The van der Waals surface area contributed by atoms with Gasteiger partial charge in [0.15, 0.2) is 0 Å². The van der Waals surface area contributed by atoms with Gasteiger partial charge in [-0.25, -0.2) is 9.59 Å². The van der Waals surface area contributed by atoms with Gasteiger partial charge in [-0.05, 0) is 31.5 Å². The second-order valence-corrected chi connectivity index (χ2v) is 5.62. The van der Waals surface area contributed by atoms with Gasteiger partial charge in [0.25, 0.3) is 5.69 Å². The molecular formula is C18H19N3O5. The van der Waals surface area contributed by atoms with E-state index < -0.39 is 29.1 Å². The van der Waals surface area contributed by atoms with Crippen LogP contribution in [0.5, 0.6) is 0 Å². The fourth-order valence-corrected chi connectivity index (χ4v) is 2.18. The van der Waals surface area contributed by atoms with Gasteiger partial charge in [0, 0.05) is 17.8 Å². The van der Waals surface area contributed by atoms with Gasteiger partial charge in [-0.15, -0.1) is 0 Å². The van der Waals surface area contributed by atoms with Gasteiger partial charge < -0.3 is 15.4 Å². The number of carbonyl (C=O) groups is 2. The fourth-order valence-electron chi connectivity index (χ4n) is 2.18. The summed E-state index contributed by atoms with van der Waals surface area (Å²) in [7, 11) is 0. The molecule has 0 aromatic heterocycles. The van der Waals surface area contributed by atoms with Crippen LogP contribution in [0.3, 0.4) is 0 Å². The first-order valence-corrected chi connectivity index (χ1v) is 7.94. The van der Waals surface area contributed by atoms with E-state index in [0.717, 1.165) is 0 Å². The standard InChI is InChI=1S/C18H19N3O5/c1-12(19-18(23)20-15-8-4-3-5-9-15)17(22)26-13(2)14-7-6-10-16(11-14)21(24)25/h3-13H,1-2H3,(H2,19,20,23)/t12-,13-/m0/s1. The number of hydrogen-bond acceptors (Lipinski definition) is 5. The van der Waals surface area contributed by atoms with Gasteiger partial charge in [0.1, 0.15) is 12.1 Å². The van der Waals surface area contributed by atoms with Crippen LogP contribution in [0, 0.1) is 10.1 Å². The average molecular weight is 357 g/mol. The minimum atomic E-state index is -0.889. The summed E-state index contributed by atoms with van der Waals surface area (Å²) >= 11 is 0. The predicted octanol–water partition coefficient (Wildman–Crippen LogP) is 3.41. The summed E-state index contributed by atoms with van der Waals surface area (Å²) in [5, 5.41) is 15.9.